The first kappa shape index (κ1) is 23.2. The van der Waals surface area contributed by atoms with Gasteiger partial charge >= 0.3 is 0 Å². The minimum absolute atomic E-state index is 0. The van der Waals surface area contributed by atoms with Crippen LogP contribution in [0.25, 0.3) is 0 Å². The van der Waals surface area contributed by atoms with Crippen LogP contribution in [0, 0.1) is 5.41 Å². The lowest BCUT2D eigenvalue weighted by atomic mass is 9.51. The van der Waals surface area contributed by atoms with Gasteiger partial charge in [-0.25, -0.2) is 0 Å². The molecular formula is C20H39IN4O2. The van der Waals surface area contributed by atoms with Crippen molar-refractivity contribution in [1.82, 2.24) is 15.5 Å². The third-order valence-corrected chi connectivity index (χ3v) is 6.60. The molecule has 2 aliphatic carbocycles. The molecule has 0 aromatic rings. The van der Waals surface area contributed by atoms with Gasteiger partial charge in [-0.15, -0.1) is 24.0 Å². The molecule has 158 valence electrons. The topological polar surface area (TPSA) is 58.1 Å². The van der Waals surface area contributed by atoms with E-state index < -0.39 is 0 Å². The molecule has 2 saturated carbocycles. The summed E-state index contributed by atoms with van der Waals surface area (Å²) in [5.41, 5.74) is 0.371. The Morgan fingerprint density at radius 3 is 2.48 bits per heavy atom. The second kappa shape index (κ2) is 11.2. The van der Waals surface area contributed by atoms with Crippen LogP contribution < -0.4 is 10.6 Å². The Morgan fingerprint density at radius 1 is 1.19 bits per heavy atom. The second-order valence-electron chi connectivity index (χ2n) is 8.04. The summed E-state index contributed by atoms with van der Waals surface area (Å²) in [4.78, 5) is 7.22. The van der Waals surface area contributed by atoms with Crippen LogP contribution in [0.4, 0.5) is 0 Å². The van der Waals surface area contributed by atoms with Gasteiger partial charge in [-0.05, 0) is 46.0 Å². The predicted molar refractivity (Wildman–Crippen MR) is 121 cm³/mol. The summed E-state index contributed by atoms with van der Waals surface area (Å²) in [7, 11) is 1.78. The fraction of sp³-hybridized carbons (Fsp3) is 0.950. The van der Waals surface area contributed by atoms with Crippen LogP contribution >= 0.6 is 24.0 Å². The molecule has 3 fully saturated rings. The number of rotatable bonds is 8. The molecule has 27 heavy (non-hydrogen) atoms. The van der Waals surface area contributed by atoms with Crippen LogP contribution in [-0.2, 0) is 9.47 Å². The summed E-state index contributed by atoms with van der Waals surface area (Å²) < 4.78 is 11.2. The molecular weight excluding hydrogens is 455 g/mol. The van der Waals surface area contributed by atoms with Crippen molar-refractivity contribution in [2.75, 3.05) is 46.5 Å². The van der Waals surface area contributed by atoms with Crippen LogP contribution in [0.15, 0.2) is 4.99 Å². The molecule has 0 aromatic carbocycles. The minimum Gasteiger partial charge on any atom is -0.383 e. The first-order valence-electron chi connectivity index (χ1n) is 10.6. The van der Waals surface area contributed by atoms with Crippen molar-refractivity contribution in [2.45, 2.75) is 70.6 Å². The van der Waals surface area contributed by atoms with Crippen LogP contribution in [0.5, 0.6) is 0 Å². The van der Waals surface area contributed by atoms with E-state index in [0.29, 0.717) is 23.6 Å². The van der Waals surface area contributed by atoms with Gasteiger partial charge in [-0.2, -0.15) is 0 Å². The molecule has 3 rings (SSSR count). The van der Waals surface area contributed by atoms with Crippen molar-refractivity contribution < 1.29 is 9.47 Å². The summed E-state index contributed by atoms with van der Waals surface area (Å²) in [6.07, 6.45) is 7.85. The van der Waals surface area contributed by atoms with Crippen molar-refractivity contribution >= 4 is 29.9 Å². The summed E-state index contributed by atoms with van der Waals surface area (Å²) >= 11 is 0. The lowest BCUT2D eigenvalue weighted by molar-refractivity contribution is -0.168. The number of methoxy groups -OCH3 is 1. The number of nitrogens with one attached hydrogen (secondary N) is 2. The summed E-state index contributed by atoms with van der Waals surface area (Å²) in [6, 6.07) is 1.04. The Labute approximate surface area is 182 Å². The molecule has 1 spiro atoms. The largest absolute Gasteiger partial charge is 0.383 e. The number of nitrogens with zero attached hydrogens (tertiary/aromatic N) is 2. The molecule has 7 heteroatoms. The van der Waals surface area contributed by atoms with E-state index in [1.165, 1.54) is 32.1 Å². The Bertz CT molecular complexity index is 465. The molecule has 0 aromatic heterocycles. The van der Waals surface area contributed by atoms with Gasteiger partial charge in [0.15, 0.2) is 5.96 Å². The number of likely N-dealkylation sites (tertiary alicyclic amines) is 1. The highest BCUT2D eigenvalue weighted by Crippen LogP contribution is 2.57. The van der Waals surface area contributed by atoms with Crippen molar-refractivity contribution in [3.63, 3.8) is 0 Å². The van der Waals surface area contributed by atoms with Gasteiger partial charge < -0.3 is 25.0 Å². The molecule has 0 radical (unpaired) electrons. The van der Waals surface area contributed by atoms with Crippen molar-refractivity contribution in [1.29, 1.82) is 0 Å². The summed E-state index contributed by atoms with van der Waals surface area (Å²) in [5.74, 6) is 1.01. The van der Waals surface area contributed by atoms with Crippen molar-refractivity contribution in [3.05, 3.63) is 0 Å². The summed E-state index contributed by atoms with van der Waals surface area (Å²) in [6.45, 7) is 10.0. The zero-order valence-electron chi connectivity index (χ0n) is 17.3. The SMILES string of the molecule is CCN=C(NC1CCN(CCOC)CC1)NC1CC(OCC)C12CCC2.I. The molecule has 0 bridgehead atoms. The molecule has 2 atom stereocenters. The molecule has 2 N–H and O–H groups in total. The van der Waals surface area contributed by atoms with Crippen molar-refractivity contribution in [2.24, 2.45) is 10.4 Å². The van der Waals surface area contributed by atoms with E-state index in [2.05, 4.69) is 29.4 Å². The van der Waals surface area contributed by atoms with Gasteiger partial charge in [0, 0.05) is 57.4 Å². The smallest absolute Gasteiger partial charge is 0.191 e. The van der Waals surface area contributed by atoms with Crippen LogP contribution in [0.3, 0.4) is 0 Å². The number of ether oxygens (including phenoxy) is 2. The average molecular weight is 494 g/mol. The van der Waals surface area contributed by atoms with Crippen LogP contribution in [0.1, 0.15) is 52.4 Å². The van der Waals surface area contributed by atoms with Gasteiger partial charge in [0.05, 0.1) is 12.7 Å². The zero-order valence-corrected chi connectivity index (χ0v) is 19.7. The number of hydrogen-bond donors (Lipinski definition) is 2. The molecule has 6 nitrogen and oxygen atoms in total. The van der Waals surface area contributed by atoms with E-state index in [1.807, 2.05) is 0 Å². The third kappa shape index (κ3) is 5.48. The molecule has 0 amide bonds. The maximum absolute atomic E-state index is 5.99. The maximum atomic E-state index is 5.99. The highest BCUT2D eigenvalue weighted by Gasteiger charge is 2.59. The zero-order chi connectivity index (χ0) is 18.4. The van der Waals surface area contributed by atoms with E-state index in [-0.39, 0.29) is 24.0 Å². The first-order valence-corrected chi connectivity index (χ1v) is 10.6. The van der Waals surface area contributed by atoms with Gasteiger partial charge in [-0.3, -0.25) is 4.99 Å². The van der Waals surface area contributed by atoms with Crippen LogP contribution in [0.2, 0.25) is 0 Å². The average Bonchev–Trinajstić information content (AvgIpc) is 2.59. The fourth-order valence-electron chi connectivity index (χ4n) is 4.81. The van der Waals surface area contributed by atoms with Gasteiger partial charge in [-0.1, -0.05) is 6.42 Å². The highest BCUT2D eigenvalue weighted by molar-refractivity contribution is 14.0. The van der Waals surface area contributed by atoms with E-state index in [1.54, 1.807) is 7.11 Å². The van der Waals surface area contributed by atoms with E-state index in [4.69, 9.17) is 14.5 Å². The number of halogens is 1. The molecule has 1 aliphatic heterocycles. The second-order valence-corrected chi connectivity index (χ2v) is 8.04. The van der Waals surface area contributed by atoms with Gasteiger partial charge in [0.25, 0.3) is 0 Å². The number of aliphatic imine (C=N–C) groups is 1. The third-order valence-electron chi connectivity index (χ3n) is 6.60. The van der Waals surface area contributed by atoms with Gasteiger partial charge in [0.1, 0.15) is 0 Å². The predicted octanol–water partition coefficient (Wildman–Crippen LogP) is 2.62. The van der Waals surface area contributed by atoms with E-state index in [9.17, 15) is 0 Å². The Kier molecular flexibility index (Phi) is 9.58. The molecule has 1 saturated heterocycles. The minimum atomic E-state index is 0. The summed E-state index contributed by atoms with van der Waals surface area (Å²) in [5, 5.41) is 7.46. The first-order chi connectivity index (χ1) is 12.7. The van der Waals surface area contributed by atoms with Gasteiger partial charge in [0.2, 0.25) is 0 Å². The Balaban J connectivity index is 0.00000261. The maximum Gasteiger partial charge on any atom is 0.191 e. The normalized spacial score (nSPS) is 28.2. The Hall–Kier alpha value is -0.120. The number of guanidine groups is 1. The van der Waals surface area contributed by atoms with E-state index in [0.717, 1.165) is 51.8 Å². The van der Waals surface area contributed by atoms with Crippen molar-refractivity contribution in [3.8, 4) is 0 Å². The molecule has 1 heterocycles. The monoisotopic (exact) mass is 494 g/mol. The molecule has 3 aliphatic rings. The van der Waals surface area contributed by atoms with Crippen LogP contribution in [-0.4, -0.2) is 75.5 Å². The molecule has 2 unspecified atom stereocenters. The fourth-order valence-corrected chi connectivity index (χ4v) is 4.81. The standard InChI is InChI=1S/C20H38N4O2.HI/c1-4-21-19(22-16-7-11-24(12-8-16)13-14-25-3)23-17-15-18(26-5-2)20(17)9-6-10-20;/h16-18H,4-15H2,1-3H3,(H2,21,22,23);1H. The number of hydrogen-bond acceptors (Lipinski definition) is 4. The quantitative estimate of drug-likeness (QED) is 0.309. The van der Waals surface area contributed by atoms with E-state index >= 15 is 0 Å². The Morgan fingerprint density at radius 2 is 1.93 bits per heavy atom. The lowest BCUT2D eigenvalue weighted by Crippen LogP contribution is -2.69. The highest BCUT2D eigenvalue weighted by atomic mass is 127. The lowest BCUT2D eigenvalue weighted by Gasteiger charge is -2.61. The number of piperidine rings is 1.